The predicted molar refractivity (Wildman–Crippen MR) is 114 cm³/mol. The Morgan fingerprint density at radius 1 is 0.806 bits per heavy atom. The molecule has 0 amide bonds. The van der Waals surface area contributed by atoms with Crippen molar-refractivity contribution in [1.29, 1.82) is 0 Å². The van der Waals surface area contributed by atoms with Crippen molar-refractivity contribution in [1.82, 2.24) is 4.72 Å². The van der Waals surface area contributed by atoms with Gasteiger partial charge in [0.15, 0.2) is 0 Å². The lowest BCUT2D eigenvalue weighted by molar-refractivity contribution is 0.391. The number of nitrogens with one attached hydrogen (secondary N) is 1. The first-order valence-corrected chi connectivity index (χ1v) is 11.0. The Hall–Kier alpha value is -2.97. The Morgan fingerprint density at radius 2 is 1.32 bits per heavy atom. The molecule has 0 radical (unpaired) electrons. The number of ether oxygens (including phenoxy) is 2. The van der Waals surface area contributed by atoms with Crippen molar-refractivity contribution < 1.29 is 26.7 Å². The summed E-state index contributed by atoms with van der Waals surface area (Å²) >= 11 is 0. The third-order valence-corrected chi connectivity index (χ3v) is 6.31. The number of rotatable bonds is 9. The molecule has 0 bridgehead atoms. The van der Waals surface area contributed by atoms with E-state index in [0.717, 1.165) is 11.1 Å². The largest absolute Gasteiger partial charge is 0.497 e. The lowest BCUT2D eigenvalue weighted by Gasteiger charge is -2.20. The molecule has 0 aromatic heterocycles. The van der Waals surface area contributed by atoms with Gasteiger partial charge in [0.25, 0.3) is 0 Å². The van der Waals surface area contributed by atoms with E-state index in [-0.39, 0.29) is 22.3 Å². The summed E-state index contributed by atoms with van der Waals surface area (Å²) in [4.78, 5) is -0.0578. The minimum absolute atomic E-state index is 0.0578. The van der Waals surface area contributed by atoms with Crippen LogP contribution in [0.25, 0.3) is 0 Å². The Morgan fingerprint density at radius 3 is 1.77 bits per heavy atom. The number of halogens is 2. The van der Waals surface area contributed by atoms with Gasteiger partial charge in [-0.25, -0.2) is 21.9 Å². The molecule has 0 aliphatic heterocycles. The molecule has 1 N–H and O–H groups in total. The van der Waals surface area contributed by atoms with Gasteiger partial charge in [-0.1, -0.05) is 24.3 Å². The molecule has 0 unspecified atom stereocenters. The van der Waals surface area contributed by atoms with Gasteiger partial charge in [0.2, 0.25) is 10.0 Å². The summed E-state index contributed by atoms with van der Waals surface area (Å²) in [6, 6.07) is 15.6. The molecule has 0 spiro atoms. The van der Waals surface area contributed by atoms with Crippen molar-refractivity contribution >= 4 is 10.0 Å². The van der Waals surface area contributed by atoms with E-state index in [1.54, 1.807) is 30.3 Å². The second kappa shape index (κ2) is 9.89. The maximum Gasteiger partial charge on any atom is 0.244 e. The van der Waals surface area contributed by atoms with Gasteiger partial charge in [-0.3, -0.25) is 0 Å². The monoisotopic (exact) mass is 447 g/mol. The molecule has 3 rings (SSSR count). The van der Waals surface area contributed by atoms with E-state index in [2.05, 4.69) is 4.72 Å². The van der Waals surface area contributed by atoms with E-state index in [9.17, 15) is 17.2 Å². The third kappa shape index (κ3) is 6.02. The van der Waals surface area contributed by atoms with E-state index in [0.29, 0.717) is 18.6 Å². The first kappa shape index (κ1) is 22.7. The van der Waals surface area contributed by atoms with Gasteiger partial charge in [0.1, 0.15) is 28.0 Å². The topological polar surface area (TPSA) is 64.6 Å². The molecule has 164 valence electrons. The second-order valence-electron chi connectivity index (χ2n) is 7.00. The van der Waals surface area contributed by atoms with E-state index >= 15 is 0 Å². The zero-order valence-electron chi connectivity index (χ0n) is 17.1. The minimum Gasteiger partial charge on any atom is -0.497 e. The Kier molecular flexibility index (Phi) is 7.25. The maximum atomic E-state index is 13.3. The number of methoxy groups -OCH3 is 2. The summed E-state index contributed by atoms with van der Waals surface area (Å²) in [5.74, 6) is -0.202. The summed E-state index contributed by atoms with van der Waals surface area (Å²) < 4.78 is 66.1. The van der Waals surface area contributed by atoms with Crippen LogP contribution in [0.5, 0.6) is 11.5 Å². The van der Waals surface area contributed by atoms with Gasteiger partial charge >= 0.3 is 0 Å². The van der Waals surface area contributed by atoms with Crippen LogP contribution < -0.4 is 14.2 Å². The van der Waals surface area contributed by atoms with Crippen molar-refractivity contribution in [2.45, 2.75) is 23.8 Å². The van der Waals surface area contributed by atoms with Crippen molar-refractivity contribution in [3.63, 3.8) is 0 Å². The summed E-state index contributed by atoms with van der Waals surface area (Å²) in [5, 5.41) is 0. The molecule has 0 saturated carbocycles. The Balaban J connectivity index is 1.92. The quantitative estimate of drug-likeness (QED) is 0.536. The standard InChI is InChI=1S/C23H23F2NO4S/c1-29-21-11-12-22(30-2)23(15-21)31(27,28)26-20(13-16-3-7-18(24)8-4-16)14-17-5-9-19(25)10-6-17/h3-12,15,20,26H,13-14H2,1-2H3. The van der Waals surface area contributed by atoms with E-state index in [1.165, 1.54) is 50.6 Å². The fourth-order valence-electron chi connectivity index (χ4n) is 3.24. The van der Waals surface area contributed by atoms with Crippen LogP contribution in [-0.2, 0) is 22.9 Å². The predicted octanol–water partition coefficient (Wildman–Crippen LogP) is 4.11. The van der Waals surface area contributed by atoms with Crippen molar-refractivity contribution in [3.8, 4) is 11.5 Å². The highest BCUT2D eigenvalue weighted by atomic mass is 32.2. The zero-order chi connectivity index (χ0) is 22.4. The van der Waals surface area contributed by atoms with Crippen LogP contribution >= 0.6 is 0 Å². The van der Waals surface area contributed by atoms with Crippen LogP contribution in [-0.4, -0.2) is 28.7 Å². The molecular formula is C23H23F2NO4S. The summed E-state index contributed by atoms with van der Waals surface area (Å²) in [5.41, 5.74) is 1.52. The fourth-order valence-corrected chi connectivity index (χ4v) is 4.66. The normalized spacial score (nSPS) is 11.5. The van der Waals surface area contributed by atoms with Gasteiger partial charge in [-0.2, -0.15) is 0 Å². The number of sulfonamides is 1. The van der Waals surface area contributed by atoms with Crippen LogP contribution in [0, 0.1) is 11.6 Å². The highest BCUT2D eigenvalue weighted by Crippen LogP contribution is 2.28. The van der Waals surface area contributed by atoms with E-state index in [4.69, 9.17) is 9.47 Å². The molecule has 0 fully saturated rings. The van der Waals surface area contributed by atoms with Gasteiger partial charge in [-0.15, -0.1) is 0 Å². The van der Waals surface area contributed by atoms with Crippen molar-refractivity contribution in [2.75, 3.05) is 14.2 Å². The molecule has 31 heavy (non-hydrogen) atoms. The highest BCUT2D eigenvalue weighted by molar-refractivity contribution is 7.89. The molecule has 0 aliphatic rings. The summed E-state index contributed by atoms with van der Waals surface area (Å²) in [6.45, 7) is 0. The van der Waals surface area contributed by atoms with Crippen molar-refractivity contribution in [2.24, 2.45) is 0 Å². The highest BCUT2D eigenvalue weighted by Gasteiger charge is 2.25. The van der Waals surface area contributed by atoms with Gasteiger partial charge < -0.3 is 9.47 Å². The smallest absolute Gasteiger partial charge is 0.244 e. The Labute approximate surface area is 180 Å². The molecule has 0 heterocycles. The van der Waals surface area contributed by atoms with Crippen LogP contribution in [0.4, 0.5) is 8.78 Å². The lowest BCUT2D eigenvalue weighted by atomic mass is 10.00. The van der Waals surface area contributed by atoms with Gasteiger partial charge in [0, 0.05) is 12.1 Å². The first-order valence-electron chi connectivity index (χ1n) is 9.54. The first-order chi connectivity index (χ1) is 14.8. The molecule has 0 aliphatic carbocycles. The molecule has 0 saturated heterocycles. The van der Waals surface area contributed by atoms with Crippen LogP contribution in [0.1, 0.15) is 11.1 Å². The molecule has 3 aromatic carbocycles. The Bertz CT molecular complexity index is 1070. The van der Waals surface area contributed by atoms with Gasteiger partial charge in [-0.05, 0) is 60.4 Å². The van der Waals surface area contributed by atoms with E-state index < -0.39 is 16.1 Å². The van der Waals surface area contributed by atoms with Crippen LogP contribution in [0.3, 0.4) is 0 Å². The number of hydrogen-bond acceptors (Lipinski definition) is 4. The van der Waals surface area contributed by atoms with Gasteiger partial charge in [0.05, 0.1) is 14.2 Å². The number of hydrogen-bond donors (Lipinski definition) is 1. The SMILES string of the molecule is COc1ccc(OC)c(S(=O)(=O)NC(Cc2ccc(F)cc2)Cc2ccc(F)cc2)c1. The average Bonchev–Trinajstić information content (AvgIpc) is 2.76. The molecule has 5 nitrogen and oxygen atoms in total. The van der Waals surface area contributed by atoms with Crippen LogP contribution in [0.15, 0.2) is 71.6 Å². The second-order valence-corrected chi connectivity index (χ2v) is 8.68. The minimum atomic E-state index is -3.99. The third-order valence-electron chi connectivity index (χ3n) is 4.77. The lowest BCUT2D eigenvalue weighted by Crippen LogP contribution is -2.38. The van der Waals surface area contributed by atoms with Crippen molar-refractivity contribution in [3.05, 3.63) is 89.5 Å². The molecular weight excluding hydrogens is 424 g/mol. The zero-order valence-corrected chi connectivity index (χ0v) is 18.0. The fraction of sp³-hybridized carbons (Fsp3) is 0.217. The summed E-state index contributed by atoms with van der Waals surface area (Å²) in [6.07, 6.45) is 0.617. The molecule has 0 atom stereocenters. The van der Waals surface area contributed by atoms with E-state index in [1.807, 2.05) is 0 Å². The maximum absolute atomic E-state index is 13.3. The molecule has 3 aromatic rings. The molecule has 8 heteroatoms. The number of benzene rings is 3. The average molecular weight is 448 g/mol. The van der Waals surface area contributed by atoms with Crippen LogP contribution in [0.2, 0.25) is 0 Å². The summed E-state index contributed by atoms with van der Waals surface area (Å²) in [7, 11) is -1.17.